The lowest BCUT2D eigenvalue weighted by Crippen LogP contribution is -2.16. The molecule has 0 bridgehead atoms. The number of nitrogens with two attached hydrogens (primary N) is 1. The first kappa shape index (κ1) is 15.3. The topological polar surface area (TPSA) is 98.5 Å². The SMILES string of the molecule is COC(=O)c1sccc1S(=O)(=O)Nc1cc(N)ccc1F. The third-order valence-electron chi connectivity index (χ3n) is 2.52. The first-order chi connectivity index (χ1) is 9.85. The van der Waals surface area contributed by atoms with Crippen LogP contribution in [-0.2, 0) is 14.8 Å². The van der Waals surface area contributed by atoms with Crippen molar-refractivity contribution in [2.24, 2.45) is 0 Å². The molecule has 0 unspecified atom stereocenters. The summed E-state index contributed by atoms with van der Waals surface area (Å²) < 4.78 is 44.7. The zero-order chi connectivity index (χ0) is 15.6. The van der Waals surface area contributed by atoms with Crippen molar-refractivity contribution in [3.63, 3.8) is 0 Å². The molecule has 0 radical (unpaired) electrons. The van der Waals surface area contributed by atoms with Gasteiger partial charge in [0.05, 0.1) is 12.8 Å². The van der Waals surface area contributed by atoms with Crippen LogP contribution in [0.1, 0.15) is 9.67 Å². The van der Waals surface area contributed by atoms with E-state index in [1.165, 1.54) is 17.5 Å². The van der Waals surface area contributed by atoms with Crippen molar-refractivity contribution in [3.8, 4) is 0 Å². The molecule has 2 rings (SSSR count). The fourth-order valence-corrected chi connectivity index (χ4v) is 3.97. The number of rotatable bonds is 4. The van der Waals surface area contributed by atoms with Crippen LogP contribution in [0.2, 0.25) is 0 Å². The second kappa shape index (κ2) is 5.70. The molecular weight excluding hydrogens is 319 g/mol. The van der Waals surface area contributed by atoms with Crippen LogP contribution in [-0.4, -0.2) is 21.5 Å². The summed E-state index contributed by atoms with van der Waals surface area (Å²) in [5.41, 5.74) is 5.40. The number of hydrogen-bond acceptors (Lipinski definition) is 6. The van der Waals surface area contributed by atoms with Gasteiger partial charge in [-0.1, -0.05) is 0 Å². The van der Waals surface area contributed by atoms with Crippen LogP contribution < -0.4 is 10.5 Å². The molecule has 0 aliphatic carbocycles. The number of thiophene rings is 1. The molecule has 112 valence electrons. The average molecular weight is 330 g/mol. The van der Waals surface area contributed by atoms with Gasteiger partial charge in [0.2, 0.25) is 0 Å². The van der Waals surface area contributed by atoms with Gasteiger partial charge in [0, 0.05) is 5.69 Å². The molecule has 1 heterocycles. The normalized spacial score (nSPS) is 11.1. The number of nitrogen functional groups attached to an aromatic ring is 1. The Balaban J connectivity index is 2.42. The number of sulfonamides is 1. The Labute approximate surface area is 124 Å². The minimum absolute atomic E-state index is 0.0886. The van der Waals surface area contributed by atoms with Gasteiger partial charge in [-0.3, -0.25) is 4.72 Å². The van der Waals surface area contributed by atoms with Crippen molar-refractivity contribution >= 4 is 38.7 Å². The van der Waals surface area contributed by atoms with E-state index in [4.69, 9.17) is 5.73 Å². The van der Waals surface area contributed by atoms with E-state index in [9.17, 15) is 17.6 Å². The number of methoxy groups -OCH3 is 1. The number of ether oxygens (including phenoxy) is 1. The lowest BCUT2D eigenvalue weighted by molar-refractivity contribution is 0.0602. The van der Waals surface area contributed by atoms with Crippen molar-refractivity contribution in [2.45, 2.75) is 4.90 Å². The number of carbonyl (C=O) groups excluding carboxylic acids is 1. The van der Waals surface area contributed by atoms with E-state index >= 15 is 0 Å². The Morgan fingerprint density at radius 3 is 2.76 bits per heavy atom. The molecule has 2 aromatic rings. The van der Waals surface area contributed by atoms with Crippen LogP contribution in [0.3, 0.4) is 0 Å². The van der Waals surface area contributed by atoms with Crippen molar-refractivity contribution in [1.29, 1.82) is 0 Å². The molecule has 0 saturated carbocycles. The molecule has 0 saturated heterocycles. The Morgan fingerprint density at radius 2 is 2.10 bits per heavy atom. The van der Waals surface area contributed by atoms with Crippen molar-refractivity contribution < 1.29 is 22.3 Å². The summed E-state index contributed by atoms with van der Waals surface area (Å²) >= 11 is 0.915. The lowest BCUT2D eigenvalue weighted by Gasteiger charge is -2.09. The number of carbonyl (C=O) groups is 1. The molecule has 9 heteroatoms. The summed E-state index contributed by atoms with van der Waals surface area (Å²) in [5.74, 6) is -1.55. The van der Waals surface area contributed by atoms with E-state index in [0.717, 1.165) is 30.6 Å². The van der Waals surface area contributed by atoms with Gasteiger partial charge in [-0.2, -0.15) is 0 Å². The molecule has 0 spiro atoms. The molecule has 0 atom stereocenters. The van der Waals surface area contributed by atoms with Crippen LogP contribution >= 0.6 is 11.3 Å². The summed E-state index contributed by atoms with van der Waals surface area (Å²) in [6, 6.07) is 4.74. The second-order valence-corrected chi connectivity index (χ2v) is 6.52. The maximum absolute atomic E-state index is 13.6. The van der Waals surface area contributed by atoms with Crippen LogP contribution in [0.4, 0.5) is 15.8 Å². The predicted molar refractivity (Wildman–Crippen MR) is 77.3 cm³/mol. The third kappa shape index (κ3) is 3.14. The first-order valence-electron chi connectivity index (χ1n) is 5.59. The minimum atomic E-state index is -4.13. The molecule has 21 heavy (non-hydrogen) atoms. The van der Waals surface area contributed by atoms with Crippen LogP contribution in [0.15, 0.2) is 34.5 Å². The summed E-state index contributed by atoms with van der Waals surface area (Å²) in [5, 5.41) is 1.43. The van der Waals surface area contributed by atoms with Gasteiger partial charge in [0.25, 0.3) is 10.0 Å². The highest BCUT2D eigenvalue weighted by Crippen LogP contribution is 2.26. The number of nitrogens with one attached hydrogen (secondary N) is 1. The van der Waals surface area contributed by atoms with Crippen molar-refractivity contribution in [3.05, 3.63) is 40.3 Å². The van der Waals surface area contributed by atoms with E-state index in [1.54, 1.807) is 0 Å². The maximum atomic E-state index is 13.6. The largest absolute Gasteiger partial charge is 0.465 e. The average Bonchev–Trinajstić information content (AvgIpc) is 2.92. The van der Waals surface area contributed by atoms with Crippen LogP contribution in [0.25, 0.3) is 0 Å². The molecule has 3 N–H and O–H groups in total. The third-order valence-corrected chi connectivity index (χ3v) is 4.96. The quantitative estimate of drug-likeness (QED) is 0.660. The lowest BCUT2D eigenvalue weighted by atomic mass is 10.3. The number of halogens is 1. The number of anilines is 2. The molecular formula is C12H11FN2O4S2. The molecule has 0 aliphatic rings. The Morgan fingerprint density at radius 1 is 1.38 bits per heavy atom. The highest BCUT2D eigenvalue weighted by molar-refractivity contribution is 7.93. The number of esters is 1. The molecule has 1 aromatic carbocycles. The standard InChI is InChI=1S/C12H11FN2O4S2/c1-19-12(16)11-10(4-5-20-11)21(17,18)15-9-6-7(14)2-3-8(9)13/h2-6,15H,14H2,1H3. The molecule has 6 nitrogen and oxygen atoms in total. The van der Waals surface area contributed by atoms with E-state index in [1.807, 2.05) is 0 Å². The van der Waals surface area contributed by atoms with E-state index < -0.39 is 21.8 Å². The second-order valence-electron chi connectivity index (χ2n) is 3.95. The molecule has 0 fully saturated rings. The van der Waals surface area contributed by atoms with Crippen LogP contribution in [0.5, 0.6) is 0 Å². The van der Waals surface area contributed by atoms with E-state index in [2.05, 4.69) is 9.46 Å². The monoisotopic (exact) mass is 330 g/mol. The first-order valence-corrected chi connectivity index (χ1v) is 7.95. The predicted octanol–water partition coefficient (Wildman–Crippen LogP) is 2.06. The molecule has 0 amide bonds. The summed E-state index contributed by atoms with van der Waals surface area (Å²) in [7, 11) is -2.99. The number of hydrogen-bond donors (Lipinski definition) is 2. The summed E-state index contributed by atoms with van der Waals surface area (Å²) in [4.78, 5) is 11.2. The minimum Gasteiger partial charge on any atom is -0.465 e. The van der Waals surface area contributed by atoms with Gasteiger partial charge in [0.1, 0.15) is 15.6 Å². The fraction of sp³-hybridized carbons (Fsp3) is 0.0833. The Kier molecular flexibility index (Phi) is 4.14. The fourth-order valence-electron chi connectivity index (χ4n) is 1.57. The van der Waals surface area contributed by atoms with Gasteiger partial charge in [-0.05, 0) is 29.6 Å². The van der Waals surface area contributed by atoms with Gasteiger partial charge in [0.15, 0.2) is 0 Å². The van der Waals surface area contributed by atoms with E-state index in [0.29, 0.717) is 0 Å². The zero-order valence-electron chi connectivity index (χ0n) is 10.8. The Bertz CT molecular complexity index is 786. The van der Waals surface area contributed by atoms with Gasteiger partial charge in [-0.15, -0.1) is 11.3 Å². The van der Waals surface area contributed by atoms with Gasteiger partial charge >= 0.3 is 5.97 Å². The highest BCUT2D eigenvalue weighted by atomic mass is 32.2. The molecule has 1 aromatic heterocycles. The summed E-state index contributed by atoms with van der Waals surface area (Å²) in [6.45, 7) is 0. The zero-order valence-corrected chi connectivity index (χ0v) is 12.4. The maximum Gasteiger partial charge on any atom is 0.349 e. The van der Waals surface area contributed by atoms with Gasteiger partial charge < -0.3 is 10.5 Å². The van der Waals surface area contributed by atoms with Crippen molar-refractivity contribution in [1.82, 2.24) is 0 Å². The number of benzene rings is 1. The highest BCUT2D eigenvalue weighted by Gasteiger charge is 2.25. The molecule has 0 aliphatic heterocycles. The van der Waals surface area contributed by atoms with Crippen LogP contribution in [0, 0.1) is 5.82 Å². The Hall–Kier alpha value is -2.13. The van der Waals surface area contributed by atoms with Gasteiger partial charge in [-0.25, -0.2) is 17.6 Å². The smallest absolute Gasteiger partial charge is 0.349 e. The van der Waals surface area contributed by atoms with E-state index in [-0.39, 0.29) is 21.1 Å². The summed E-state index contributed by atoms with van der Waals surface area (Å²) in [6.07, 6.45) is 0. The van der Waals surface area contributed by atoms with Crippen molar-refractivity contribution in [2.75, 3.05) is 17.6 Å².